The van der Waals surface area contributed by atoms with Gasteiger partial charge in [-0.05, 0) is 24.3 Å². The van der Waals surface area contributed by atoms with Crippen LogP contribution in [0.25, 0.3) is 0 Å². The number of hydrogen-bond donors (Lipinski definition) is 1. The molecular formula is C12H19N3OS. The summed E-state index contributed by atoms with van der Waals surface area (Å²) in [6, 6.07) is 0.296. The molecule has 5 heteroatoms. The van der Waals surface area contributed by atoms with E-state index in [4.69, 9.17) is 4.74 Å². The van der Waals surface area contributed by atoms with Crippen molar-refractivity contribution in [1.82, 2.24) is 14.9 Å². The number of morpholine rings is 1. The molecule has 0 amide bonds. The van der Waals surface area contributed by atoms with Crippen molar-refractivity contribution in [2.45, 2.75) is 24.5 Å². The molecule has 3 rings (SSSR count). The first-order chi connectivity index (χ1) is 8.32. The summed E-state index contributed by atoms with van der Waals surface area (Å²) in [5, 5.41) is 3.63. The zero-order valence-corrected chi connectivity index (χ0v) is 11.0. The molecule has 1 aromatic heterocycles. The first kappa shape index (κ1) is 11.6. The maximum atomic E-state index is 6.18. The normalized spacial score (nSPS) is 28.4. The molecule has 2 saturated heterocycles. The average molecular weight is 253 g/mol. The highest BCUT2D eigenvalue weighted by Gasteiger charge is 2.44. The SMILES string of the molecule is Cn1cncc1C1NCCOC12CCSCC2. The average Bonchev–Trinajstić information content (AvgIpc) is 2.77. The summed E-state index contributed by atoms with van der Waals surface area (Å²) in [5.74, 6) is 2.41. The van der Waals surface area contributed by atoms with Crippen LogP contribution in [0.1, 0.15) is 24.6 Å². The predicted octanol–water partition coefficient (Wildman–Crippen LogP) is 1.35. The molecule has 2 aliphatic heterocycles. The number of nitrogens with zero attached hydrogens (tertiary/aromatic N) is 2. The molecule has 3 heterocycles. The second-order valence-corrected chi connectivity index (χ2v) is 6.07. The van der Waals surface area contributed by atoms with Crippen LogP contribution in [0, 0.1) is 0 Å². The molecule has 0 aromatic carbocycles. The summed E-state index contributed by atoms with van der Waals surface area (Å²) in [5.41, 5.74) is 1.24. The molecule has 0 bridgehead atoms. The molecule has 4 nitrogen and oxygen atoms in total. The smallest absolute Gasteiger partial charge is 0.0946 e. The topological polar surface area (TPSA) is 39.1 Å². The van der Waals surface area contributed by atoms with Crippen LogP contribution in [0.15, 0.2) is 12.5 Å². The van der Waals surface area contributed by atoms with Gasteiger partial charge in [0.15, 0.2) is 0 Å². The quantitative estimate of drug-likeness (QED) is 0.820. The summed E-state index contributed by atoms with van der Waals surface area (Å²) in [7, 11) is 2.06. The van der Waals surface area contributed by atoms with Crippen LogP contribution >= 0.6 is 11.8 Å². The van der Waals surface area contributed by atoms with E-state index in [0.29, 0.717) is 6.04 Å². The highest BCUT2D eigenvalue weighted by atomic mass is 32.2. The predicted molar refractivity (Wildman–Crippen MR) is 69.2 cm³/mol. The van der Waals surface area contributed by atoms with Gasteiger partial charge in [-0.15, -0.1) is 0 Å². The lowest BCUT2D eigenvalue weighted by atomic mass is 9.84. The van der Waals surface area contributed by atoms with Gasteiger partial charge in [-0.2, -0.15) is 11.8 Å². The molecule has 0 saturated carbocycles. The molecule has 17 heavy (non-hydrogen) atoms. The lowest BCUT2D eigenvalue weighted by Crippen LogP contribution is -2.54. The van der Waals surface area contributed by atoms with Crippen LogP contribution in [0.2, 0.25) is 0 Å². The van der Waals surface area contributed by atoms with Gasteiger partial charge in [0, 0.05) is 19.8 Å². The number of ether oxygens (including phenoxy) is 1. The second-order valence-electron chi connectivity index (χ2n) is 4.84. The van der Waals surface area contributed by atoms with Gasteiger partial charge in [0.2, 0.25) is 0 Å². The van der Waals surface area contributed by atoms with Crippen LogP contribution in [-0.4, -0.2) is 39.8 Å². The van der Waals surface area contributed by atoms with Gasteiger partial charge in [0.25, 0.3) is 0 Å². The highest BCUT2D eigenvalue weighted by molar-refractivity contribution is 7.99. The number of aromatic nitrogens is 2. The van der Waals surface area contributed by atoms with Gasteiger partial charge in [-0.25, -0.2) is 4.98 Å². The fourth-order valence-corrected chi connectivity index (χ4v) is 4.08. The van der Waals surface area contributed by atoms with Crippen molar-refractivity contribution in [2.75, 3.05) is 24.7 Å². The lowest BCUT2D eigenvalue weighted by Gasteiger charge is -2.46. The van der Waals surface area contributed by atoms with E-state index in [-0.39, 0.29) is 5.60 Å². The summed E-state index contributed by atoms with van der Waals surface area (Å²) in [4.78, 5) is 4.24. The van der Waals surface area contributed by atoms with Gasteiger partial charge in [-0.3, -0.25) is 0 Å². The van der Waals surface area contributed by atoms with E-state index in [0.717, 1.165) is 26.0 Å². The van der Waals surface area contributed by atoms with Gasteiger partial charge in [0.05, 0.1) is 30.3 Å². The molecule has 1 N–H and O–H groups in total. The van der Waals surface area contributed by atoms with E-state index >= 15 is 0 Å². The minimum absolute atomic E-state index is 0.00269. The van der Waals surface area contributed by atoms with Gasteiger partial charge in [0.1, 0.15) is 0 Å². The first-order valence-electron chi connectivity index (χ1n) is 6.23. The third kappa shape index (κ3) is 2.00. The van der Waals surface area contributed by atoms with E-state index in [9.17, 15) is 0 Å². The molecule has 1 spiro atoms. The molecule has 1 unspecified atom stereocenters. The van der Waals surface area contributed by atoms with E-state index < -0.39 is 0 Å². The zero-order chi connectivity index (χ0) is 11.7. The van der Waals surface area contributed by atoms with Gasteiger partial charge in [-0.1, -0.05) is 0 Å². The molecule has 0 radical (unpaired) electrons. The summed E-state index contributed by atoms with van der Waals surface area (Å²) >= 11 is 2.04. The number of aryl methyl sites for hydroxylation is 1. The Morgan fingerprint density at radius 3 is 3.06 bits per heavy atom. The zero-order valence-electron chi connectivity index (χ0n) is 10.2. The summed E-state index contributed by atoms with van der Waals surface area (Å²) in [6.45, 7) is 1.77. The van der Waals surface area contributed by atoms with Crippen molar-refractivity contribution < 1.29 is 4.74 Å². The summed E-state index contributed by atoms with van der Waals surface area (Å²) in [6.07, 6.45) is 6.12. The van der Waals surface area contributed by atoms with Crippen LogP contribution in [-0.2, 0) is 11.8 Å². The second kappa shape index (κ2) is 4.63. The van der Waals surface area contributed by atoms with Crippen molar-refractivity contribution in [3.8, 4) is 0 Å². The maximum absolute atomic E-state index is 6.18. The van der Waals surface area contributed by atoms with Crippen molar-refractivity contribution in [3.63, 3.8) is 0 Å². The number of nitrogens with one attached hydrogen (secondary N) is 1. The van der Waals surface area contributed by atoms with E-state index in [1.54, 1.807) is 0 Å². The monoisotopic (exact) mass is 253 g/mol. The first-order valence-corrected chi connectivity index (χ1v) is 7.39. The highest BCUT2D eigenvalue weighted by Crippen LogP contribution is 2.41. The lowest BCUT2D eigenvalue weighted by molar-refractivity contribution is -0.105. The van der Waals surface area contributed by atoms with Crippen molar-refractivity contribution in [1.29, 1.82) is 0 Å². The minimum Gasteiger partial charge on any atom is -0.372 e. The fraction of sp³-hybridized carbons (Fsp3) is 0.750. The van der Waals surface area contributed by atoms with Crippen molar-refractivity contribution >= 4 is 11.8 Å². The number of imidazole rings is 1. The fourth-order valence-electron chi connectivity index (χ4n) is 2.90. The van der Waals surface area contributed by atoms with Crippen molar-refractivity contribution in [2.24, 2.45) is 7.05 Å². The minimum atomic E-state index is -0.00269. The third-order valence-electron chi connectivity index (χ3n) is 3.86. The van der Waals surface area contributed by atoms with E-state index in [1.807, 2.05) is 24.3 Å². The molecule has 94 valence electrons. The largest absolute Gasteiger partial charge is 0.372 e. The molecule has 2 aliphatic rings. The molecular weight excluding hydrogens is 234 g/mol. The Hall–Kier alpha value is -0.520. The molecule has 1 atom stereocenters. The Morgan fingerprint density at radius 2 is 2.35 bits per heavy atom. The van der Waals surface area contributed by atoms with E-state index in [1.165, 1.54) is 17.2 Å². The Kier molecular flexibility index (Phi) is 3.15. The molecule has 2 fully saturated rings. The van der Waals surface area contributed by atoms with Crippen LogP contribution < -0.4 is 5.32 Å². The maximum Gasteiger partial charge on any atom is 0.0946 e. The summed E-state index contributed by atoms with van der Waals surface area (Å²) < 4.78 is 8.29. The third-order valence-corrected chi connectivity index (χ3v) is 4.84. The molecule has 0 aliphatic carbocycles. The number of thioether (sulfide) groups is 1. The van der Waals surface area contributed by atoms with Gasteiger partial charge < -0.3 is 14.6 Å². The van der Waals surface area contributed by atoms with Crippen molar-refractivity contribution in [3.05, 3.63) is 18.2 Å². The van der Waals surface area contributed by atoms with Crippen LogP contribution in [0.3, 0.4) is 0 Å². The van der Waals surface area contributed by atoms with Crippen LogP contribution in [0.5, 0.6) is 0 Å². The van der Waals surface area contributed by atoms with E-state index in [2.05, 4.69) is 21.9 Å². The Balaban J connectivity index is 1.92. The molecule has 1 aromatic rings. The van der Waals surface area contributed by atoms with Crippen LogP contribution in [0.4, 0.5) is 0 Å². The standard InChI is InChI=1S/C12H19N3OS/c1-15-9-13-8-10(15)11-12(16-5-4-14-11)2-6-17-7-3-12/h8-9,11,14H,2-7H2,1H3. The Labute approximate surface area is 106 Å². The van der Waals surface area contributed by atoms with Gasteiger partial charge >= 0.3 is 0 Å². The Morgan fingerprint density at radius 1 is 1.53 bits per heavy atom. The number of rotatable bonds is 1. The Bertz CT molecular complexity index is 379. The number of hydrogen-bond acceptors (Lipinski definition) is 4.